The van der Waals surface area contributed by atoms with Crippen molar-refractivity contribution in [2.75, 3.05) is 11.9 Å². The minimum Gasteiger partial charge on any atom is -0.494 e. The number of anilines is 1. The van der Waals surface area contributed by atoms with Crippen molar-refractivity contribution in [1.29, 1.82) is 0 Å². The van der Waals surface area contributed by atoms with E-state index in [-0.39, 0.29) is 12.2 Å². The predicted molar refractivity (Wildman–Crippen MR) is 124 cm³/mol. The Kier molecular flexibility index (Phi) is 8.37. The summed E-state index contributed by atoms with van der Waals surface area (Å²) in [6, 6.07) is 17.8. The molecule has 0 unspecified atom stereocenters. The van der Waals surface area contributed by atoms with E-state index in [4.69, 9.17) is 21.1 Å². The van der Waals surface area contributed by atoms with Crippen LogP contribution in [-0.2, 0) is 16.2 Å². The molecule has 0 fully saturated rings. The lowest BCUT2D eigenvalue weighted by atomic mass is 10.2. The molecule has 2 N–H and O–H groups in total. The normalized spacial score (nSPS) is 10.6. The molecule has 3 aromatic carbocycles. The van der Waals surface area contributed by atoms with Gasteiger partial charge in [0.2, 0.25) is 0 Å². The molecule has 0 radical (unpaired) electrons. The first-order chi connectivity index (χ1) is 16.0. The first kappa shape index (κ1) is 23.7. The average Bonchev–Trinajstić information content (AvgIpc) is 2.81. The molecule has 0 heterocycles. The summed E-state index contributed by atoms with van der Waals surface area (Å²) in [5.41, 5.74) is 3.54. The van der Waals surface area contributed by atoms with E-state index >= 15 is 0 Å². The molecular weight excluding hydrogens is 449 g/mol. The largest absolute Gasteiger partial charge is 0.494 e. The number of amides is 2. The monoisotopic (exact) mass is 469 g/mol. The van der Waals surface area contributed by atoms with Gasteiger partial charge in [0, 0.05) is 11.3 Å². The van der Waals surface area contributed by atoms with Crippen molar-refractivity contribution >= 4 is 35.3 Å². The third-order valence-corrected chi connectivity index (χ3v) is 4.69. The number of nitrogens with zero attached hydrogens (tertiary/aromatic N) is 1. The highest BCUT2D eigenvalue weighted by Gasteiger charge is 2.13. The number of carbonyl (C=O) groups is 2. The molecular formula is C24H21ClFN3O4. The summed E-state index contributed by atoms with van der Waals surface area (Å²) < 4.78 is 24.7. The van der Waals surface area contributed by atoms with Crippen molar-refractivity contribution in [3.8, 4) is 11.5 Å². The number of rotatable bonds is 8. The van der Waals surface area contributed by atoms with Crippen molar-refractivity contribution < 1.29 is 23.5 Å². The van der Waals surface area contributed by atoms with E-state index in [9.17, 15) is 14.0 Å². The molecule has 0 spiro atoms. The van der Waals surface area contributed by atoms with E-state index in [0.717, 1.165) is 0 Å². The standard InChI is InChI=1S/C24H21ClFN3O4/c1-2-32-18-12-8-17(9-13-18)28-23(30)24(31)29-27-14-16-6-10-19(11-7-16)33-15-20-21(25)4-3-5-22(20)26/h3-14H,2,15H2,1H3,(H,28,30)(H,29,31). The van der Waals surface area contributed by atoms with Crippen LogP contribution in [0.5, 0.6) is 11.5 Å². The molecule has 0 saturated carbocycles. The second-order valence-electron chi connectivity index (χ2n) is 6.67. The Morgan fingerprint density at radius 1 is 0.970 bits per heavy atom. The number of hydrogen-bond acceptors (Lipinski definition) is 5. The number of benzene rings is 3. The van der Waals surface area contributed by atoms with Gasteiger partial charge in [-0.25, -0.2) is 9.82 Å². The summed E-state index contributed by atoms with van der Waals surface area (Å²) >= 11 is 5.98. The smallest absolute Gasteiger partial charge is 0.329 e. The Morgan fingerprint density at radius 2 is 1.64 bits per heavy atom. The number of ether oxygens (including phenoxy) is 2. The quantitative estimate of drug-likeness (QED) is 0.288. The average molecular weight is 470 g/mol. The molecule has 7 nitrogen and oxygen atoms in total. The van der Waals surface area contributed by atoms with Gasteiger partial charge >= 0.3 is 11.8 Å². The maximum Gasteiger partial charge on any atom is 0.329 e. The third kappa shape index (κ3) is 7.05. The highest BCUT2D eigenvalue weighted by Crippen LogP contribution is 2.21. The third-order valence-electron chi connectivity index (χ3n) is 4.33. The zero-order chi connectivity index (χ0) is 23.6. The zero-order valence-electron chi connectivity index (χ0n) is 17.7. The molecule has 170 valence electrons. The minimum absolute atomic E-state index is 0.0154. The number of carbonyl (C=O) groups excluding carboxylic acids is 2. The molecule has 0 saturated heterocycles. The van der Waals surface area contributed by atoms with Crippen molar-refractivity contribution in [2.24, 2.45) is 5.10 Å². The first-order valence-electron chi connectivity index (χ1n) is 9.99. The summed E-state index contributed by atoms with van der Waals surface area (Å²) in [5, 5.41) is 6.54. The van der Waals surface area contributed by atoms with Crippen molar-refractivity contribution in [1.82, 2.24) is 5.43 Å². The second-order valence-corrected chi connectivity index (χ2v) is 7.08. The predicted octanol–water partition coefficient (Wildman–Crippen LogP) is 4.55. The number of halogens is 2. The number of nitrogens with one attached hydrogen (secondary N) is 2. The molecule has 3 aromatic rings. The highest BCUT2D eigenvalue weighted by molar-refractivity contribution is 6.39. The van der Waals surface area contributed by atoms with Crippen LogP contribution in [0.25, 0.3) is 0 Å². The molecule has 0 atom stereocenters. The summed E-state index contributed by atoms with van der Waals surface area (Å²) in [6.07, 6.45) is 1.37. The van der Waals surface area contributed by atoms with Crippen LogP contribution in [0.4, 0.5) is 10.1 Å². The molecule has 3 rings (SSSR count). The van der Waals surface area contributed by atoms with E-state index in [2.05, 4.69) is 15.8 Å². The molecule has 9 heteroatoms. The lowest BCUT2D eigenvalue weighted by molar-refractivity contribution is -0.136. The van der Waals surface area contributed by atoms with Gasteiger partial charge in [0.05, 0.1) is 17.8 Å². The fraction of sp³-hybridized carbons (Fsp3) is 0.125. The van der Waals surface area contributed by atoms with Gasteiger partial charge in [0.15, 0.2) is 0 Å². The van der Waals surface area contributed by atoms with E-state index < -0.39 is 17.6 Å². The van der Waals surface area contributed by atoms with Crippen LogP contribution in [0.1, 0.15) is 18.1 Å². The van der Waals surface area contributed by atoms with Crippen LogP contribution in [0.15, 0.2) is 71.8 Å². The molecule has 0 aliphatic carbocycles. The van der Waals surface area contributed by atoms with Crippen molar-refractivity contribution in [3.05, 3.63) is 88.7 Å². The van der Waals surface area contributed by atoms with Gasteiger partial charge in [-0.1, -0.05) is 17.7 Å². The van der Waals surface area contributed by atoms with Crippen LogP contribution >= 0.6 is 11.6 Å². The van der Waals surface area contributed by atoms with Crippen LogP contribution in [0.3, 0.4) is 0 Å². The fourth-order valence-corrected chi connectivity index (χ4v) is 2.90. The van der Waals surface area contributed by atoms with Gasteiger partial charge in [-0.3, -0.25) is 9.59 Å². The molecule has 0 aromatic heterocycles. The van der Waals surface area contributed by atoms with E-state index in [1.54, 1.807) is 54.6 Å². The van der Waals surface area contributed by atoms with Gasteiger partial charge in [-0.2, -0.15) is 5.10 Å². The van der Waals surface area contributed by atoms with Crippen LogP contribution < -0.4 is 20.2 Å². The minimum atomic E-state index is -0.915. The van der Waals surface area contributed by atoms with E-state index in [1.165, 1.54) is 18.3 Å². The molecule has 2 amide bonds. The molecule has 0 aliphatic heterocycles. The van der Waals surface area contributed by atoms with Gasteiger partial charge in [-0.05, 0) is 73.2 Å². The highest BCUT2D eigenvalue weighted by atomic mass is 35.5. The summed E-state index contributed by atoms with van der Waals surface area (Å²) in [5.74, 6) is -1.04. The van der Waals surface area contributed by atoms with Crippen molar-refractivity contribution in [2.45, 2.75) is 13.5 Å². The van der Waals surface area contributed by atoms with E-state index in [0.29, 0.717) is 34.4 Å². The zero-order valence-corrected chi connectivity index (χ0v) is 18.4. The van der Waals surface area contributed by atoms with Gasteiger partial charge < -0.3 is 14.8 Å². The SMILES string of the molecule is CCOc1ccc(NC(=O)C(=O)NN=Cc2ccc(OCc3c(F)cccc3Cl)cc2)cc1. The van der Waals surface area contributed by atoms with Crippen molar-refractivity contribution in [3.63, 3.8) is 0 Å². The fourth-order valence-electron chi connectivity index (χ4n) is 2.68. The Labute approximate surface area is 195 Å². The van der Waals surface area contributed by atoms with Gasteiger partial charge in [0.1, 0.15) is 23.9 Å². The Hall–Kier alpha value is -3.91. The first-order valence-corrected chi connectivity index (χ1v) is 10.4. The number of hydrazone groups is 1. The summed E-state index contributed by atoms with van der Waals surface area (Å²) in [7, 11) is 0. The Bertz CT molecular complexity index is 1120. The maximum atomic E-state index is 13.8. The molecule has 0 aliphatic rings. The summed E-state index contributed by atoms with van der Waals surface area (Å²) in [6.45, 7) is 2.39. The Morgan fingerprint density at radius 3 is 2.30 bits per heavy atom. The van der Waals surface area contributed by atoms with Crippen LogP contribution in [0.2, 0.25) is 5.02 Å². The molecule has 0 bridgehead atoms. The lowest BCUT2D eigenvalue weighted by Gasteiger charge is -2.09. The molecule has 33 heavy (non-hydrogen) atoms. The lowest BCUT2D eigenvalue weighted by Crippen LogP contribution is -2.32. The van der Waals surface area contributed by atoms with Crippen LogP contribution in [0, 0.1) is 5.82 Å². The number of hydrogen-bond donors (Lipinski definition) is 2. The maximum absolute atomic E-state index is 13.8. The van der Waals surface area contributed by atoms with E-state index in [1.807, 2.05) is 6.92 Å². The topological polar surface area (TPSA) is 89.0 Å². The second kappa shape index (κ2) is 11.6. The Balaban J connectivity index is 1.47. The summed E-state index contributed by atoms with van der Waals surface area (Å²) in [4.78, 5) is 23.9. The van der Waals surface area contributed by atoms with Crippen LogP contribution in [-0.4, -0.2) is 24.6 Å². The van der Waals surface area contributed by atoms with Gasteiger partial charge in [-0.15, -0.1) is 0 Å². The van der Waals surface area contributed by atoms with Gasteiger partial charge in [0.25, 0.3) is 0 Å².